The Morgan fingerprint density at radius 3 is 2.80 bits per heavy atom. The molecule has 1 aliphatic rings. The first kappa shape index (κ1) is 15.0. The van der Waals surface area contributed by atoms with Crippen molar-refractivity contribution in [1.82, 2.24) is 9.55 Å². The number of aromatic nitrogens is 2. The summed E-state index contributed by atoms with van der Waals surface area (Å²) in [5, 5.41) is 0. The highest BCUT2D eigenvalue weighted by atomic mass is 16.1. The third-order valence-electron chi connectivity index (χ3n) is 4.42. The van der Waals surface area contributed by atoms with E-state index in [0.29, 0.717) is 30.9 Å². The highest BCUT2D eigenvalue weighted by Crippen LogP contribution is 2.29. The Hall–Kier alpha value is -1.36. The Morgan fingerprint density at radius 1 is 1.40 bits per heavy atom. The van der Waals surface area contributed by atoms with Gasteiger partial charge in [-0.25, -0.2) is 4.98 Å². The lowest BCUT2D eigenvalue weighted by Crippen LogP contribution is -2.48. The predicted octanol–water partition coefficient (Wildman–Crippen LogP) is 1.61. The second-order valence-electron chi connectivity index (χ2n) is 5.48. The van der Waals surface area contributed by atoms with E-state index in [2.05, 4.69) is 16.8 Å². The predicted molar refractivity (Wildman–Crippen MR) is 82.0 cm³/mol. The minimum absolute atomic E-state index is 0.0122. The van der Waals surface area contributed by atoms with E-state index in [4.69, 9.17) is 5.73 Å². The number of nitrogens with zero attached hydrogens (tertiary/aromatic N) is 3. The van der Waals surface area contributed by atoms with Gasteiger partial charge in [0.05, 0.1) is 0 Å². The molecule has 0 aliphatic heterocycles. The number of hydrogen-bond acceptors (Lipinski definition) is 4. The first-order valence-electron chi connectivity index (χ1n) is 7.75. The van der Waals surface area contributed by atoms with Crippen LogP contribution in [0.4, 0.5) is 5.82 Å². The molecule has 1 fully saturated rings. The van der Waals surface area contributed by atoms with Crippen molar-refractivity contribution in [3.63, 3.8) is 0 Å². The van der Waals surface area contributed by atoms with Crippen LogP contribution in [-0.4, -0.2) is 28.7 Å². The van der Waals surface area contributed by atoms with Crippen molar-refractivity contribution in [3.8, 4) is 0 Å². The molecule has 2 N–H and O–H groups in total. The second kappa shape index (κ2) is 6.88. The molecule has 0 spiro atoms. The fourth-order valence-electron chi connectivity index (χ4n) is 3.30. The third kappa shape index (κ3) is 2.87. The summed E-state index contributed by atoms with van der Waals surface area (Å²) in [6.07, 6.45) is 8.21. The van der Waals surface area contributed by atoms with Crippen LogP contribution in [0.15, 0.2) is 17.2 Å². The van der Waals surface area contributed by atoms with Gasteiger partial charge in [-0.3, -0.25) is 4.79 Å². The Labute approximate surface area is 120 Å². The van der Waals surface area contributed by atoms with Crippen LogP contribution in [0.5, 0.6) is 0 Å². The molecule has 5 heteroatoms. The maximum atomic E-state index is 12.5. The largest absolute Gasteiger partial charge is 0.349 e. The highest BCUT2D eigenvalue weighted by molar-refractivity contribution is 5.37. The fraction of sp³-hybridized carbons (Fsp3) is 0.733. The fourth-order valence-corrected chi connectivity index (χ4v) is 3.30. The maximum absolute atomic E-state index is 12.5. The molecule has 1 aromatic heterocycles. The van der Waals surface area contributed by atoms with E-state index < -0.39 is 0 Å². The molecule has 0 saturated heterocycles. The summed E-state index contributed by atoms with van der Waals surface area (Å²) in [5.74, 6) is 1.06. The van der Waals surface area contributed by atoms with Gasteiger partial charge >= 0.3 is 0 Å². The molecule has 5 nitrogen and oxygen atoms in total. The Bertz CT molecular complexity index is 485. The van der Waals surface area contributed by atoms with Crippen molar-refractivity contribution >= 4 is 5.82 Å². The Morgan fingerprint density at radius 2 is 2.15 bits per heavy atom. The molecule has 2 rings (SSSR count). The monoisotopic (exact) mass is 278 g/mol. The van der Waals surface area contributed by atoms with Gasteiger partial charge in [0.1, 0.15) is 0 Å². The summed E-state index contributed by atoms with van der Waals surface area (Å²) < 4.78 is 1.71. The summed E-state index contributed by atoms with van der Waals surface area (Å²) in [4.78, 5) is 19.0. The molecule has 2 unspecified atom stereocenters. The molecule has 1 heterocycles. The van der Waals surface area contributed by atoms with E-state index in [1.54, 1.807) is 17.0 Å². The van der Waals surface area contributed by atoms with Gasteiger partial charge in [-0.2, -0.15) is 0 Å². The number of hydrogen-bond donors (Lipinski definition) is 1. The van der Waals surface area contributed by atoms with Crippen LogP contribution in [0.1, 0.15) is 39.5 Å². The van der Waals surface area contributed by atoms with Crippen LogP contribution >= 0.6 is 0 Å². The van der Waals surface area contributed by atoms with Crippen LogP contribution in [-0.2, 0) is 6.54 Å². The second-order valence-corrected chi connectivity index (χ2v) is 5.48. The SMILES string of the molecule is CCN(c1nccn(CC)c1=O)C1CCCCC1CN. The van der Waals surface area contributed by atoms with Gasteiger partial charge in [0.15, 0.2) is 5.82 Å². The minimum Gasteiger partial charge on any atom is -0.349 e. The van der Waals surface area contributed by atoms with Crippen molar-refractivity contribution in [2.75, 3.05) is 18.0 Å². The van der Waals surface area contributed by atoms with Gasteiger partial charge < -0.3 is 15.2 Å². The Kier molecular flexibility index (Phi) is 5.17. The molecule has 1 saturated carbocycles. The molecule has 2 atom stereocenters. The van der Waals surface area contributed by atoms with E-state index in [0.717, 1.165) is 19.4 Å². The molecule has 0 aromatic carbocycles. The van der Waals surface area contributed by atoms with Crippen LogP contribution < -0.4 is 16.2 Å². The maximum Gasteiger partial charge on any atom is 0.293 e. The van der Waals surface area contributed by atoms with E-state index >= 15 is 0 Å². The molecular weight excluding hydrogens is 252 g/mol. The molecule has 0 bridgehead atoms. The van der Waals surface area contributed by atoms with Crippen LogP contribution in [0.25, 0.3) is 0 Å². The zero-order chi connectivity index (χ0) is 14.5. The van der Waals surface area contributed by atoms with Crippen molar-refractivity contribution in [3.05, 3.63) is 22.7 Å². The van der Waals surface area contributed by atoms with Gasteiger partial charge in [-0.15, -0.1) is 0 Å². The quantitative estimate of drug-likeness (QED) is 0.888. The average Bonchev–Trinajstić information content (AvgIpc) is 2.50. The number of aryl methyl sites for hydroxylation is 1. The summed E-state index contributed by atoms with van der Waals surface area (Å²) in [5.41, 5.74) is 5.94. The summed E-state index contributed by atoms with van der Waals surface area (Å²) in [6.45, 7) is 6.24. The molecule has 112 valence electrons. The van der Waals surface area contributed by atoms with Crippen molar-refractivity contribution < 1.29 is 0 Å². The molecule has 20 heavy (non-hydrogen) atoms. The molecule has 1 aliphatic carbocycles. The van der Waals surface area contributed by atoms with E-state index in [-0.39, 0.29) is 5.56 Å². The number of rotatable bonds is 5. The zero-order valence-corrected chi connectivity index (χ0v) is 12.6. The van der Waals surface area contributed by atoms with Crippen LogP contribution in [0.3, 0.4) is 0 Å². The van der Waals surface area contributed by atoms with E-state index in [1.165, 1.54) is 12.8 Å². The van der Waals surface area contributed by atoms with Crippen LogP contribution in [0.2, 0.25) is 0 Å². The van der Waals surface area contributed by atoms with Crippen molar-refractivity contribution in [1.29, 1.82) is 0 Å². The lowest BCUT2D eigenvalue weighted by molar-refractivity contribution is 0.299. The molecule has 0 amide bonds. The van der Waals surface area contributed by atoms with Crippen molar-refractivity contribution in [2.45, 2.75) is 52.1 Å². The Balaban J connectivity index is 2.34. The van der Waals surface area contributed by atoms with E-state index in [1.807, 2.05) is 6.92 Å². The molecule has 1 aromatic rings. The van der Waals surface area contributed by atoms with E-state index in [9.17, 15) is 4.79 Å². The first-order valence-corrected chi connectivity index (χ1v) is 7.75. The topological polar surface area (TPSA) is 64.2 Å². The summed E-state index contributed by atoms with van der Waals surface area (Å²) in [7, 11) is 0. The lowest BCUT2D eigenvalue weighted by Gasteiger charge is -2.39. The smallest absolute Gasteiger partial charge is 0.293 e. The zero-order valence-electron chi connectivity index (χ0n) is 12.6. The minimum atomic E-state index is 0.0122. The lowest BCUT2D eigenvalue weighted by atomic mass is 9.83. The highest BCUT2D eigenvalue weighted by Gasteiger charge is 2.30. The number of anilines is 1. The van der Waals surface area contributed by atoms with Gasteiger partial charge in [0, 0.05) is 31.5 Å². The first-order chi connectivity index (χ1) is 9.72. The third-order valence-corrected chi connectivity index (χ3v) is 4.42. The number of nitrogens with two attached hydrogens (primary N) is 1. The van der Waals surface area contributed by atoms with Gasteiger partial charge in [0.2, 0.25) is 0 Å². The molecular formula is C15H26N4O. The summed E-state index contributed by atoms with van der Waals surface area (Å²) >= 11 is 0. The standard InChI is InChI=1S/C15H26N4O/c1-3-18-10-9-17-14(15(18)20)19(4-2)13-8-6-5-7-12(13)11-16/h9-10,12-13H,3-8,11,16H2,1-2H3. The van der Waals surface area contributed by atoms with Gasteiger partial charge in [0.25, 0.3) is 5.56 Å². The normalized spacial score (nSPS) is 22.8. The summed E-state index contributed by atoms with van der Waals surface area (Å²) in [6, 6.07) is 0.353. The average molecular weight is 278 g/mol. The van der Waals surface area contributed by atoms with Crippen molar-refractivity contribution in [2.24, 2.45) is 11.7 Å². The van der Waals surface area contributed by atoms with Crippen LogP contribution in [0, 0.1) is 5.92 Å². The van der Waals surface area contributed by atoms with Gasteiger partial charge in [-0.05, 0) is 39.2 Å². The van der Waals surface area contributed by atoms with Gasteiger partial charge in [-0.1, -0.05) is 12.8 Å². The molecule has 0 radical (unpaired) electrons.